The minimum Gasteiger partial charge on any atom is -0.493 e. The van der Waals surface area contributed by atoms with E-state index in [1.165, 1.54) is 16.8 Å². The predicted octanol–water partition coefficient (Wildman–Crippen LogP) is 5.59. The van der Waals surface area contributed by atoms with Gasteiger partial charge in [0.1, 0.15) is 11.7 Å². The third-order valence-corrected chi connectivity index (χ3v) is 7.38. The molecule has 0 spiro atoms. The standard InChI is InChI=1S/C30H25N5O3S/c1-37-25-13-7-8-14-26(25)38-16-15-34-19-21(22-11-5-6-12-24(22)34)18-23-28(31)35-30(32-29(23)36)39-27(33-35)17-20-9-3-2-4-10-20/h2-14,18-19,31H,15-17H2,1H3. The van der Waals surface area contributed by atoms with Crippen LogP contribution >= 0.6 is 11.8 Å². The van der Waals surface area contributed by atoms with Crippen LogP contribution in [0.15, 0.2) is 101 Å². The molecule has 8 nitrogen and oxygen atoms in total. The molecule has 9 heteroatoms. The van der Waals surface area contributed by atoms with E-state index in [0.29, 0.717) is 36.2 Å². The van der Waals surface area contributed by atoms with Crippen LogP contribution in [-0.4, -0.2) is 45.2 Å². The molecule has 0 unspecified atom stereocenters. The molecule has 4 aromatic rings. The van der Waals surface area contributed by atoms with Gasteiger partial charge in [0.15, 0.2) is 17.3 Å². The predicted molar refractivity (Wildman–Crippen MR) is 156 cm³/mol. The van der Waals surface area contributed by atoms with Crippen molar-refractivity contribution in [2.75, 3.05) is 13.7 Å². The Balaban J connectivity index is 1.25. The third-order valence-electron chi connectivity index (χ3n) is 6.47. The molecule has 1 aromatic heterocycles. The Bertz CT molecular complexity index is 1670. The maximum atomic E-state index is 13.0. The maximum absolute atomic E-state index is 13.0. The number of amidine groups is 2. The lowest BCUT2D eigenvalue weighted by molar-refractivity contribution is -0.114. The molecule has 0 saturated heterocycles. The van der Waals surface area contributed by atoms with Crippen molar-refractivity contribution in [2.45, 2.75) is 13.0 Å². The number of amides is 1. The van der Waals surface area contributed by atoms with Crippen LogP contribution in [0.25, 0.3) is 17.0 Å². The number of para-hydroxylation sites is 3. The first-order valence-corrected chi connectivity index (χ1v) is 13.3. The molecular weight excluding hydrogens is 510 g/mol. The molecule has 0 saturated carbocycles. The number of hydrogen-bond donors (Lipinski definition) is 1. The van der Waals surface area contributed by atoms with Gasteiger partial charge in [0.05, 0.1) is 19.2 Å². The molecule has 0 aliphatic carbocycles. The summed E-state index contributed by atoms with van der Waals surface area (Å²) >= 11 is 1.33. The number of aliphatic imine (C=N–C) groups is 1. The first-order chi connectivity index (χ1) is 19.1. The van der Waals surface area contributed by atoms with Gasteiger partial charge in [0.2, 0.25) is 5.17 Å². The van der Waals surface area contributed by atoms with Crippen molar-refractivity contribution in [1.82, 2.24) is 9.58 Å². The Kier molecular flexibility index (Phi) is 6.73. The van der Waals surface area contributed by atoms with E-state index in [9.17, 15) is 4.79 Å². The zero-order chi connectivity index (χ0) is 26.8. The van der Waals surface area contributed by atoms with Crippen LogP contribution in [-0.2, 0) is 17.8 Å². The van der Waals surface area contributed by atoms with Gasteiger partial charge >= 0.3 is 0 Å². The second kappa shape index (κ2) is 10.6. The first kappa shape index (κ1) is 24.7. The molecule has 1 amide bonds. The fraction of sp³-hybridized carbons (Fsp3) is 0.133. The number of hydrazone groups is 1. The molecule has 194 valence electrons. The number of methoxy groups -OCH3 is 1. The fourth-order valence-electron chi connectivity index (χ4n) is 4.60. The molecule has 3 heterocycles. The topological polar surface area (TPSA) is 92.3 Å². The monoisotopic (exact) mass is 535 g/mol. The molecule has 2 aliphatic rings. The van der Waals surface area contributed by atoms with E-state index in [0.717, 1.165) is 27.1 Å². The van der Waals surface area contributed by atoms with E-state index in [2.05, 4.69) is 14.7 Å². The molecule has 0 atom stereocenters. The van der Waals surface area contributed by atoms with Crippen molar-refractivity contribution in [1.29, 1.82) is 5.41 Å². The minimum absolute atomic E-state index is 0.0249. The highest BCUT2D eigenvalue weighted by molar-refractivity contribution is 8.26. The second-order valence-electron chi connectivity index (χ2n) is 8.97. The number of rotatable bonds is 8. The number of nitrogens with zero attached hydrogens (tertiary/aromatic N) is 4. The zero-order valence-electron chi connectivity index (χ0n) is 21.2. The van der Waals surface area contributed by atoms with Gasteiger partial charge in [-0.25, -0.2) is 0 Å². The van der Waals surface area contributed by atoms with E-state index >= 15 is 0 Å². The molecule has 6 rings (SSSR count). The summed E-state index contributed by atoms with van der Waals surface area (Å²) in [5.41, 5.74) is 3.15. The summed E-state index contributed by atoms with van der Waals surface area (Å²) in [4.78, 5) is 17.3. The summed E-state index contributed by atoms with van der Waals surface area (Å²) < 4.78 is 13.4. The average Bonchev–Trinajstić information content (AvgIpc) is 3.52. The smallest absolute Gasteiger partial charge is 0.283 e. The van der Waals surface area contributed by atoms with Gasteiger partial charge in [-0.05, 0) is 41.6 Å². The summed E-state index contributed by atoms with van der Waals surface area (Å²) in [7, 11) is 1.62. The van der Waals surface area contributed by atoms with Gasteiger partial charge in [-0.1, -0.05) is 60.7 Å². The summed E-state index contributed by atoms with van der Waals surface area (Å²) in [6.07, 6.45) is 4.33. The van der Waals surface area contributed by atoms with Crippen molar-refractivity contribution in [2.24, 2.45) is 10.1 Å². The Morgan fingerprint density at radius 2 is 1.72 bits per heavy atom. The number of carbonyl (C=O) groups excluding carboxylic acids is 1. The summed E-state index contributed by atoms with van der Waals surface area (Å²) in [6.45, 7) is 1.02. The highest BCUT2D eigenvalue weighted by atomic mass is 32.2. The van der Waals surface area contributed by atoms with Crippen molar-refractivity contribution in [3.05, 3.63) is 102 Å². The van der Waals surface area contributed by atoms with Gasteiger partial charge in [0, 0.05) is 29.1 Å². The van der Waals surface area contributed by atoms with Gasteiger partial charge in [-0.2, -0.15) is 15.1 Å². The van der Waals surface area contributed by atoms with Crippen molar-refractivity contribution in [3.8, 4) is 11.5 Å². The lowest BCUT2D eigenvalue weighted by Crippen LogP contribution is -2.35. The summed E-state index contributed by atoms with van der Waals surface area (Å²) in [6, 6.07) is 25.5. The van der Waals surface area contributed by atoms with E-state index in [4.69, 9.17) is 14.9 Å². The average molecular weight is 536 g/mol. The molecule has 1 N–H and O–H groups in total. The molecule has 3 aromatic carbocycles. The highest BCUT2D eigenvalue weighted by Gasteiger charge is 2.35. The van der Waals surface area contributed by atoms with Crippen LogP contribution in [0, 0.1) is 5.41 Å². The Morgan fingerprint density at radius 3 is 2.54 bits per heavy atom. The highest BCUT2D eigenvalue weighted by Crippen LogP contribution is 2.31. The van der Waals surface area contributed by atoms with E-state index in [1.54, 1.807) is 13.2 Å². The van der Waals surface area contributed by atoms with Crippen LogP contribution < -0.4 is 9.47 Å². The van der Waals surface area contributed by atoms with E-state index in [1.807, 2.05) is 85.1 Å². The van der Waals surface area contributed by atoms with Crippen LogP contribution in [0.4, 0.5) is 0 Å². The quantitative estimate of drug-likeness (QED) is 0.297. The molecule has 39 heavy (non-hydrogen) atoms. The number of aromatic nitrogens is 1. The van der Waals surface area contributed by atoms with Crippen LogP contribution in [0.3, 0.4) is 0 Å². The number of ether oxygens (including phenoxy) is 2. The van der Waals surface area contributed by atoms with Crippen molar-refractivity contribution in [3.63, 3.8) is 0 Å². The van der Waals surface area contributed by atoms with Crippen molar-refractivity contribution < 1.29 is 14.3 Å². The number of nitrogens with one attached hydrogen (secondary N) is 1. The molecule has 0 bridgehead atoms. The van der Waals surface area contributed by atoms with Gasteiger partial charge in [0.25, 0.3) is 5.91 Å². The number of fused-ring (bicyclic) bond motifs is 2. The number of carbonyl (C=O) groups is 1. The SMILES string of the molecule is COc1ccccc1OCCn1cc(C=C2C(=N)N3N=C(Cc4ccccc4)SC3=NC2=O)c2ccccc21. The summed E-state index contributed by atoms with van der Waals surface area (Å²) in [5.74, 6) is 0.955. The van der Waals surface area contributed by atoms with Crippen LogP contribution in [0.1, 0.15) is 11.1 Å². The van der Waals surface area contributed by atoms with E-state index < -0.39 is 5.91 Å². The fourth-order valence-corrected chi connectivity index (χ4v) is 5.52. The largest absolute Gasteiger partial charge is 0.493 e. The van der Waals surface area contributed by atoms with Crippen LogP contribution in [0.5, 0.6) is 11.5 Å². The van der Waals surface area contributed by atoms with Gasteiger partial charge in [-0.3, -0.25) is 10.2 Å². The lowest BCUT2D eigenvalue weighted by atomic mass is 10.1. The second-order valence-corrected chi connectivity index (χ2v) is 10.0. The molecular formula is C30H25N5O3S. The maximum Gasteiger partial charge on any atom is 0.283 e. The number of hydrogen-bond acceptors (Lipinski definition) is 6. The van der Waals surface area contributed by atoms with Crippen LogP contribution in [0.2, 0.25) is 0 Å². The molecule has 0 radical (unpaired) electrons. The summed E-state index contributed by atoms with van der Waals surface area (Å²) in [5, 5.41) is 17.0. The first-order valence-electron chi connectivity index (χ1n) is 12.5. The number of benzene rings is 3. The van der Waals surface area contributed by atoms with E-state index in [-0.39, 0.29) is 11.4 Å². The van der Waals surface area contributed by atoms with Gasteiger partial charge < -0.3 is 14.0 Å². The normalized spacial score (nSPS) is 15.9. The lowest BCUT2D eigenvalue weighted by Gasteiger charge is -2.20. The number of thioether (sulfide) groups is 1. The minimum atomic E-state index is -0.439. The molecule has 0 fully saturated rings. The zero-order valence-corrected chi connectivity index (χ0v) is 22.0. The van der Waals surface area contributed by atoms with Gasteiger partial charge in [-0.15, -0.1) is 0 Å². The third kappa shape index (κ3) is 4.96. The Hall–Kier alpha value is -4.63. The van der Waals surface area contributed by atoms with Crippen molar-refractivity contribution >= 4 is 50.7 Å². The Labute approximate surface area is 229 Å². The Morgan fingerprint density at radius 1 is 0.974 bits per heavy atom. The molecule has 2 aliphatic heterocycles.